The summed E-state index contributed by atoms with van der Waals surface area (Å²) in [5.41, 5.74) is 2.66. The highest BCUT2D eigenvalue weighted by Crippen LogP contribution is 2.21. The topological polar surface area (TPSA) is 29.1 Å². The van der Waals surface area contributed by atoms with Gasteiger partial charge in [0, 0.05) is 16.4 Å². The van der Waals surface area contributed by atoms with E-state index in [-0.39, 0.29) is 5.91 Å². The lowest BCUT2D eigenvalue weighted by Gasteiger charge is -2.04. The third-order valence-electron chi connectivity index (χ3n) is 2.20. The number of carbonyl (C=O) groups is 1. The maximum atomic E-state index is 11.8. The average Bonchev–Trinajstić information content (AvgIpc) is 2.77. The first-order valence-electron chi connectivity index (χ1n) is 4.89. The minimum atomic E-state index is -0.0847. The van der Waals surface area contributed by atoms with Gasteiger partial charge in [0.25, 0.3) is 5.91 Å². The van der Waals surface area contributed by atoms with Crippen LogP contribution in [-0.4, -0.2) is 5.91 Å². The van der Waals surface area contributed by atoms with Gasteiger partial charge in [-0.1, -0.05) is 28.1 Å². The summed E-state index contributed by atoms with van der Waals surface area (Å²) in [6, 6.07) is 9.57. The van der Waals surface area contributed by atoms with Crippen LogP contribution in [-0.2, 0) is 5.33 Å². The summed E-state index contributed by atoms with van der Waals surface area (Å²) in [5.74, 6) is -0.0847. The molecular weight excluding hydrogens is 366 g/mol. The zero-order chi connectivity index (χ0) is 12.3. The molecule has 0 aliphatic rings. The Bertz CT molecular complexity index is 522. The molecule has 0 atom stereocenters. The maximum absolute atomic E-state index is 11.8. The van der Waals surface area contributed by atoms with Crippen molar-refractivity contribution >= 4 is 54.8 Å². The van der Waals surface area contributed by atoms with E-state index in [1.165, 1.54) is 16.9 Å². The summed E-state index contributed by atoms with van der Waals surface area (Å²) in [7, 11) is 0. The van der Waals surface area contributed by atoms with E-state index < -0.39 is 0 Å². The van der Waals surface area contributed by atoms with Gasteiger partial charge in [-0.2, -0.15) is 0 Å². The molecule has 5 heteroatoms. The summed E-state index contributed by atoms with van der Waals surface area (Å²) >= 11 is 8.22. The van der Waals surface area contributed by atoms with Crippen molar-refractivity contribution in [3.05, 3.63) is 50.6 Å². The normalized spacial score (nSPS) is 10.2. The van der Waals surface area contributed by atoms with Gasteiger partial charge in [0.05, 0.1) is 9.35 Å². The van der Waals surface area contributed by atoms with Gasteiger partial charge in [-0.25, -0.2) is 0 Å². The molecule has 1 heterocycles. The monoisotopic (exact) mass is 373 g/mol. The van der Waals surface area contributed by atoms with Crippen LogP contribution < -0.4 is 5.32 Å². The molecule has 1 N–H and O–H groups in total. The SMILES string of the molecule is O=C(Nc1ccc(CBr)cc1)c1csc(Br)c1. The number of rotatable bonds is 3. The molecule has 0 radical (unpaired) electrons. The van der Waals surface area contributed by atoms with Crippen LogP contribution in [0.5, 0.6) is 0 Å². The Kier molecular flexibility index (Phi) is 4.36. The van der Waals surface area contributed by atoms with Crippen LogP contribution >= 0.6 is 43.2 Å². The van der Waals surface area contributed by atoms with Crippen LogP contribution in [0.4, 0.5) is 5.69 Å². The van der Waals surface area contributed by atoms with Crippen LogP contribution in [0.15, 0.2) is 39.5 Å². The highest BCUT2D eigenvalue weighted by Gasteiger charge is 2.07. The molecule has 0 saturated carbocycles. The van der Waals surface area contributed by atoms with Crippen molar-refractivity contribution in [1.29, 1.82) is 0 Å². The molecule has 0 bridgehead atoms. The lowest BCUT2D eigenvalue weighted by atomic mass is 10.2. The van der Waals surface area contributed by atoms with Crippen molar-refractivity contribution in [2.45, 2.75) is 5.33 Å². The van der Waals surface area contributed by atoms with Crippen LogP contribution in [0, 0.1) is 0 Å². The lowest BCUT2D eigenvalue weighted by molar-refractivity contribution is 0.102. The van der Waals surface area contributed by atoms with Crippen LogP contribution in [0.1, 0.15) is 15.9 Å². The van der Waals surface area contributed by atoms with Gasteiger partial charge in [-0.15, -0.1) is 11.3 Å². The van der Waals surface area contributed by atoms with Gasteiger partial charge in [-0.05, 0) is 39.7 Å². The van der Waals surface area contributed by atoms with Gasteiger partial charge < -0.3 is 5.32 Å². The number of hydrogen-bond acceptors (Lipinski definition) is 2. The quantitative estimate of drug-likeness (QED) is 0.778. The summed E-state index contributed by atoms with van der Waals surface area (Å²) in [4.78, 5) is 11.8. The standard InChI is InChI=1S/C12H9Br2NOS/c13-6-8-1-3-10(4-2-8)15-12(16)9-5-11(14)17-7-9/h1-5,7H,6H2,(H,15,16). The molecule has 2 rings (SSSR count). The Morgan fingerprint density at radius 2 is 2.00 bits per heavy atom. The average molecular weight is 375 g/mol. The van der Waals surface area contributed by atoms with Crippen molar-refractivity contribution in [1.82, 2.24) is 0 Å². The largest absolute Gasteiger partial charge is 0.322 e. The third-order valence-corrected chi connectivity index (χ3v) is 4.35. The van der Waals surface area contributed by atoms with E-state index in [0.717, 1.165) is 14.8 Å². The molecule has 2 aromatic rings. The van der Waals surface area contributed by atoms with Crippen molar-refractivity contribution in [3.8, 4) is 0 Å². The number of anilines is 1. The van der Waals surface area contributed by atoms with E-state index in [1.54, 1.807) is 0 Å². The second-order valence-corrected chi connectivity index (χ2v) is 6.28. The summed E-state index contributed by atoms with van der Waals surface area (Å²) in [5, 5.41) is 5.50. The molecular formula is C12H9Br2NOS. The lowest BCUT2D eigenvalue weighted by Crippen LogP contribution is -2.10. The fourth-order valence-electron chi connectivity index (χ4n) is 1.31. The van der Waals surface area contributed by atoms with E-state index in [0.29, 0.717) is 5.56 Å². The van der Waals surface area contributed by atoms with E-state index in [1.807, 2.05) is 35.7 Å². The fraction of sp³-hybridized carbons (Fsp3) is 0.0833. The zero-order valence-electron chi connectivity index (χ0n) is 8.74. The molecule has 0 aliphatic carbocycles. The zero-order valence-corrected chi connectivity index (χ0v) is 12.7. The first kappa shape index (κ1) is 12.8. The van der Waals surface area contributed by atoms with Gasteiger partial charge >= 0.3 is 0 Å². The second kappa shape index (κ2) is 5.80. The number of carbonyl (C=O) groups excluding carboxylic acids is 1. The minimum Gasteiger partial charge on any atom is -0.322 e. The number of amides is 1. The van der Waals surface area contributed by atoms with Crippen molar-refractivity contribution in [2.75, 3.05) is 5.32 Å². The van der Waals surface area contributed by atoms with Crippen molar-refractivity contribution < 1.29 is 4.79 Å². The first-order chi connectivity index (χ1) is 8.19. The Balaban J connectivity index is 2.07. The molecule has 1 aromatic heterocycles. The van der Waals surface area contributed by atoms with Crippen molar-refractivity contribution in [2.24, 2.45) is 0 Å². The van der Waals surface area contributed by atoms with Gasteiger partial charge in [0.1, 0.15) is 0 Å². The Morgan fingerprint density at radius 1 is 1.29 bits per heavy atom. The predicted octanol–water partition coefficient (Wildman–Crippen LogP) is 4.66. The van der Waals surface area contributed by atoms with E-state index in [9.17, 15) is 4.79 Å². The smallest absolute Gasteiger partial charge is 0.256 e. The van der Waals surface area contributed by atoms with Crippen molar-refractivity contribution in [3.63, 3.8) is 0 Å². The van der Waals surface area contributed by atoms with Gasteiger partial charge in [-0.3, -0.25) is 4.79 Å². The molecule has 0 saturated heterocycles. The fourth-order valence-corrected chi connectivity index (χ4v) is 2.82. The highest BCUT2D eigenvalue weighted by molar-refractivity contribution is 9.11. The van der Waals surface area contributed by atoms with E-state index in [4.69, 9.17) is 0 Å². The molecule has 0 spiro atoms. The number of alkyl halides is 1. The molecule has 0 aliphatic heterocycles. The molecule has 0 unspecified atom stereocenters. The molecule has 1 aromatic carbocycles. The minimum absolute atomic E-state index is 0.0847. The Hall–Kier alpha value is -0.650. The molecule has 17 heavy (non-hydrogen) atoms. The number of benzene rings is 1. The summed E-state index contributed by atoms with van der Waals surface area (Å²) < 4.78 is 0.956. The molecule has 1 amide bonds. The van der Waals surface area contributed by atoms with Gasteiger partial charge in [0.2, 0.25) is 0 Å². The molecule has 2 nitrogen and oxygen atoms in total. The number of hydrogen-bond donors (Lipinski definition) is 1. The predicted molar refractivity (Wildman–Crippen MR) is 79.0 cm³/mol. The second-order valence-electron chi connectivity index (χ2n) is 3.42. The molecule has 0 fully saturated rings. The van der Waals surface area contributed by atoms with Gasteiger partial charge in [0.15, 0.2) is 0 Å². The van der Waals surface area contributed by atoms with Crippen LogP contribution in [0.25, 0.3) is 0 Å². The highest BCUT2D eigenvalue weighted by atomic mass is 79.9. The Morgan fingerprint density at radius 3 is 2.53 bits per heavy atom. The van der Waals surface area contributed by atoms with Crippen LogP contribution in [0.2, 0.25) is 0 Å². The summed E-state index contributed by atoms with van der Waals surface area (Å²) in [6.07, 6.45) is 0. The van der Waals surface area contributed by atoms with E-state index >= 15 is 0 Å². The van der Waals surface area contributed by atoms with E-state index in [2.05, 4.69) is 37.2 Å². The maximum Gasteiger partial charge on any atom is 0.256 e. The summed E-state index contributed by atoms with van der Waals surface area (Å²) in [6.45, 7) is 0. The van der Waals surface area contributed by atoms with Crippen LogP contribution in [0.3, 0.4) is 0 Å². The third kappa shape index (κ3) is 3.40. The number of halogens is 2. The molecule has 88 valence electrons. The number of nitrogens with one attached hydrogen (secondary N) is 1. The Labute approximate surface area is 120 Å². The first-order valence-corrected chi connectivity index (χ1v) is 7.69. The number of thiophene rings is 1.